The van der Waals surface area contributed by atoms with Gasteiger partial charge in [-0.05, 0) is 18.1 Å². The van der Waals surface area contributed by atoms with Crippen LogP contribution in [0.15, 0.2) is 10.3 Å². The van der Waals surface area contributed by atoms with Gasteiger partial charge in [-0.2, -0.15) is 0 Å². The first kappa shape index (κ1) is 8.11. The van der Waals surface area contributed by atoms with Crippen LogP contribution >= 0.6 is 24.0 Å². The lowest BCUT2D eigenvalue weighted by atomic mass is 10.3. The number of thiophene rings is 1. The molecule has 0 saturated heterocycles. The number of hydrogen-bond acceptors (Lipinski definition) is 3. The first-order valence-corrected chi connectivity index (χ1v) is 4.55. The van der Waals surface area contributed by atoms with Crippen LogP contribution in [0.3, 0.4) is 0 Å². The Hall–Kier alpha value is 0.01000. The molecule has 1 nitrogen and oxygen atoms in total. The van der Waals surface area contributed by atoms with Gasteiger partial charge in [0.2, 0.25) is 0 Å². The van der Waals surface area contributed by atoms with Gasteiger partial charge in [-0.1, -0.05) is 6.92 Å². The molecule has 1 rings (SSSR count). The van der Waals surface area contributed by atoms with E-state index in [0.717, 1.165) is 10.6 Å². The Balaban J connectivity index is 2.92. The zero-order valence-corrected chi connectivity index (χ0v) is 7.64. The second-order valence-electron chi connectivity index (χ2n) is 2.10. The SMILES string of the molecule is CCc1cc(CN)c(S)s1. The van der Waals surface area contributed by atoms with E-state index in [1.807, 2.05) is 0 Å². The molecular weight excluding hydrogens is 162 g/mol. The van der Waals surface area contributed by atoms with Crippen molar-refractivity contribution in [3.05, 3.63) is 16.5 Å². The molecule has 0 aliphatic rings. The maximum Gasteiger partial charge on any atom is 0.0615 e. The Labute approximate surface area is 70.7 Å². The Kier molecular flexibility index (Phi) is 2.77. The van der Waals surface area contributed by atoms with E-state index in [1.54, 1.807) is 11.3 Å². The highest BCUT2D eigenvalue weighted by molar-refractivity contribution is 7.83. The van der Waals surface area contributed by atoms with Crippen LogP contribution in [0.4, 0.5) is 0 Å². The maximum atomic E-state index is 5.48. The molecule has 0 aliphatic carbocycles. The zero-order valence-electron chi connectivity index (χ0n) is 5.92. The molecule has 0 saturated carbocycles. The van der Waals surface area contributed by atoms with Gasteiger partial charge in [-0.25, -0.2) is 0 Å². The molecular formula is C7H11NS2. The lowest BCUT2D eigenvalue weighted by Gasteiger charge is -1.87. The molecule has 1 aromatic heterocycles. The molecule has 56 valence electrons. The molecule has 1 heterocycles. The van der Waals surface area contributed by atoms with Crippen LogP contribution in [0.1, 0.15) is 17.4 Å². The molecule has 0 atom stereocenters. The minimum atomic E-state index is 0.606. The van der Waals surface area contributed by atoms with Gasteiger partial charge in [-0.15, -0.1) is 24.0 Å². The van der Waals surface area contributed by atoms with Crippen molar-refractivity contribution in [1.82, 2.24) is 0 Å². The van der Waals surface area contributed by atoms with Crippen molar-refractivity contribution in [2.75, 3.05) is 0 Å². The molecule has 1 aromatic rings. The van der Waals surface area contributed by atoms with Gasteiger partial charge in [-0.3, -0.25) is 0 Å². The summed E-state index contributed by atoms with van der Waals surface area (Å²) in [5.41, 5.74) is 6.65. The molecule has 0 unspecified atom stereocenters. The monoisotopic (exact) mass is 173 g/mol. The first-order valence-electron chi connectivity index (χ1n) is 3.28. The summed E-state index contributed by atoms with van der Waals surface area (Å²) in [6.45, 7) is 2.74. The lowest BCUT2D eigenvalue weighted by Crippen LogP contribution is -1.93. The van der Waals surface area contributed by atoms with E-state index >= 15 is 0 Å². The van der Waals surface area contributed by atoms with Crippen LogP contribution in [0.2, 0.25) is 0 Å². The molecule has 3 heteroatoms. The second kappa shape index (κ2) is 3.42. The van der Waals surface area contributed by atoms with E-state index in [-0.39, 0.29) is 0 Å². The summed E-state index contributed by atoms with van der Waals surface area (Å²) in [5, 5.41) is 0. The van der Waals surface area contributed by atoms with Gasteiger partial charge in [0.25, 0.3) is 0 Å². The minimum Gasteiger partial charge on any atom is -0.326 e. The Morgan fingerprint density at radius 3 is 2.70 bits per heavy atom. The second-order valence-corrected chi connectivity index (χ2v) is 3.99. The minimum absolute atomic E-state index is 0.606. The molecule has 2 N–H and O–H groups in total. The highest BCUT2D eigenvalue weighted by Crippen LogP contribution is 2.25. The van der Waals surface area contributed by atoms with Gasteiger partial charge < -0.3 is 5.73 Å². The number of hydrogen-bond donors (Lipinski definition) is 2. The Morgan fingerprint density at radius 1 is 1.70 bits per heavy atom. The summed E-state index contributed by atoms with van der Waals surface area (Å²) in [6, 6.07) is 2.13. The van der Waals surface area contributed by atoms with Crippen molar-refractivity contribution in [2.45, 2.75) is 24.1 Å². The number of thiol groups is 1. The molecule has 0 bridgehead atoms. The van der Waals surface area contributed by atoms with Gasteiger partial charge >= 0.3 is 0 Å². The number of rotatable bonds is 2. The smallest absolute Gasteiger partial charge is 0.0615 e. The summed E-state index contributed by atoms with van der Waals surface area (Å²) in [7, 11) is 0. The first-order chi connectivity index (χ1) is 4.77. The third-order valence-electron chi connectivity index (χ3n) is 1.41. The van der Waals surface area contributed by atoms with Crippen molar-refractivity contribution in [3.63, 3.8) is 0 Å². The summed E-state index contributed by atoms with van der Waals surface area (Å²) in [5.74, 6) is 0. The van der Waals surface area contributed by atoms with Crippen LogP contribution in [0, 0.1) is 0 Å². The maximum absolute atomic E-state index is 5.48. The molecule has 0 fully saturated rings. The van der Waals surface area contributed by atoms with Crippen LogP contribution in [-0.4, -0.2) is 0 Å². The van der Waals surface area contributed by atoms with E-state index in [0.29, 0.717) is 6.54 Å². The fourth-order valence-electron chi connectivity index (χ4n) is 0.796. The Bertz CT molecular complexity index is 217. The normalized spacial score (nSPS) is 10.3. The topological polar surface area (TPSA) is 26.0 Å². The van der Waals surface area contributed by atoms with E-state index in [2.05, 4.69) is 25.6 Å². The van der Waals surface area contributed by atoms with Crippen molar-refractivity contribution in [3.8, 4) is 0 Å². The van der Waals surface area contributed by atoms with Gasteiger partial charge in [0.05, 0.1) is 4.21 Å². The average Bonchev–Trinajstić information content (AvgIpc) is 2.30. The van der Waals surface area contributed by atoms with E-state index < -0.39 is 0 Å². The molecule has 0 aromatic carbocycles. The zero-order chi connectivity index (χ0) is 7.56. The van der Waals surface area contributed by atoms with E-state index in [1.165, 1.54) is 10.4 Å². The van der Waals surface area contributed by atoms with Crippen molar-refractivity contribution in [1.29, 1.82) is 0 Å². The van der Waals surface area contributed by atoms with Crippen LogP contribution < -0.4 is 5.73 Å². The summed E-state index contributed by atoms with van der Waals surface area (Å²) >= 11 is 6.01. The molecule has 0 aliphatic heterocycles. The predicted octanol–water partition coefficient (Wildman–Crippen LogP) is 2.06. The van der Waals surface area contributed by atoms with Crippen LogP contribution in [0.5, 0.6) is 0 Å². The van der Waals surface area contributed by atoms with Crippen molar-refractivity contribution < 1.29 is 0 Å². The van der Waals surface area contributed by atoms with Crippen molar-refractivity contribution in [2.24, 2.45) is 5.73 Å². The molecule has 0 amide bonds. The predicted molar refractivity (Wildman–Crippen MR) is 48.8 cm³/mol. The van der Waals surface area contributed by atoms with Crippen LogP contribution in [0.25, 0.3) is 0 Å². The van der Waals surface area contributed by atoms with Crippen LogP contribution in [-0.2, 0) is 13.0 Å². The standard InChI is InChI=1S/C7H11NS2/c1-2-6-3-5(4-8)7(9)10-6/h3,9H,2,4,8H2,1H3. The summed E-state index contributed by atoms with van der Waals surface area (Å²) < 4.78 is 1.07. The third-order valence-corrected chi connectivity index (χ3v) is 3.09. The van der Waals surface area contributed by atoms with Gasteiger partial charge in [0.15, 0.2) is 0 Å². The number of nitrogens with two attached hydrogens (primary N) is 1. The third kappa shape index (κ3) is 1.54. The quantitative estimate of drug-likeness (QED) is 0.658. The lowest BCUT2D eigenvalue weighted by molar-refractivity contribution is 1.05. The molecule has 10 heavy (non-hydrogen) atoms. The fourth-order valence-corrected chi connectivity index (χ4v) is 2.17. The fraction of sp³-hybridized carbons (Fsp3) is 0.429. The van der Waals surface area contributed by atoms with Gasteiger partial charge in [0, 0.05) is 11.4 Å². The highest BCUT2D eigenvalue weighted by atomic mass is 32.2. The van der Waals surface area contributed by atoms with Gasteiger partial charge in [0.1, 0.15) is 0 Å². The average molecular weight is 173 g/mol. The summed E-state index contributed by atoms with van der Waals surface area (Å²) in [4.78, 5) is 1.37. The largest absolute Gasteiger partial charge is 0.326 e. The summed E-state index contributed by atoms with van der Waals surface area (Å²) in [6.07, 6.45) is 1.08. The molecule has 0 radical (unpaired) electrons. The highest BCUT2D eigenvalue weighted by Gasteiger charge is 2.01. The molecule has 0 spiro atoms. The van der Waals surface area contributed by atoms with E-state index in [9.17, 15) is 0 Å². The Morgan fingerprint density at radius 2 is 2.40 bits per heavy atom. The van der Waals surface area contributed by atoms with Crippen molar-refractivity contribution >= 4 is 24.0 Å². The van der Waals surface area contributed by atoms with E-state index in [4.69, 9.17) is 5.73 Å². The number of aryl methyl sites for hydroxylation is 1.